The molecule has 3 heterocycles. The highest BCUT2D eigenvalue weighted by atomic mass is 15.3. The third-order valence-electron chi connectivity index (χ3n) is 3.85. The molecule has 1 saturated heterocycles. The molecule has 2 aromatic rings. The fourth-order valence-electron chi connectivity index (χ4n) is 2.93. The topological polar surface area (TPSA) is 71.5 Å². The Labute approximate surface area is 112 Å². The molecule has 0 saturated carbocycles. The molecule has 0 amide bonds. The summed E-state index contributed by atoms with van der Waals surface area (Å²) in [6.45, 7) is 5.56. The first kappa shape index (κ1) is 12.2. The molecular weight excluding hydrogens is 240 g/mol. The molecule has 1 fully saturated rings. The van der Waals surface area contributed by atoms with Crippen LogP contribution in [0.5, 0.6) is 0 Å². The van der Waals surface area contributed by atoms with E-state index in [1.807, 2.05) is 16.8 Å². The van der Waals surface area contributed by atoms with Crippen molar-refractivity contribution in [2.24, 2.45) is 11.8 Å². The van der Waals surface area contributed by atoms with E-state index in [-0.39, 0.29) is 0 Å². The fraction of sp³-hybridized carbons (Fsp3) is 0.538. The van der Waals surface area contributed by atoms with Crippen LogP contribution < -0.4 is 16.2 Å². The van der Waals surface area contributed by atoms with E-state index in [1.165, 1.54) is 12.8 Å². The highest BCUT2D eigenvalue weighted by Crippen LogP contribution is 2.31. The van der Waals surface area contributed by atoms with Gasteiger partial charge in [0.15, 0.2) is 17.3 Å². The van der Waals surface area contributed by atoms with Crippen molar-refractivity contribution in [1.29, 1.82) is 0 Å². The highest BCUT2D eigenvalue weighted by Gasteiger charge is 2.30. The van der Waals surface area contributed by atoms with E-state index in [4.69, 9.17) is 5.84 Å². The number of nitrogens with two attached hydrogens (primary N) is 1. The third-order valence-corrected chi connectivity index (χ3v) is 3.85. The van der Waals surface area contributed by atoms with Gasteiger partial charge in [0.25, 0.3) is 0 Å². The number of nitrogens with one attached hydrogen (secondary N) is 1. The number of hydrogen-bond donors (Lipinski definition) is 2. The maximum Gasteiger partial charge on any atom is 0.180 e. The number of imidazole rings is 1. The van der Waals surface area contributed by atoms with Gasteiger partial charge in [-0.15, -0.1) is 0 Å². The predicted molar refractivity (Wildman–Crippen MR) is 76.0 cm³/mol. The van der Waals surface area contributed by atoms with E-state index in [2.05, 4.69) is 34.1 Å². The molecular formula is C13H20N6. The van der Waals surface area contributed by atoms with Crippen molar-refractivity contribution in [2.45, 2.75) is 32.7 Å². The molecule has 0 aromatic carbocycles. The van der Waals surface area contributed by atoms with Crippen LogP contribution in [0.3, 0.4) is 0 Å². The molecule has 2 aromatic heterocycles. The average molecular weight is 260 g/mol. The Hall–Kier alpha value is -1.82. The quantitative estimate of drug-likeness (QED) is 0.648. The number of nitrogens with zero attached hydrogens (tertiary/aromatic N) is 4. The van der Waals surface area contributed by atoms with E-state index in [9.17, 15) is 0 Å². The number of anilines is 2. The van der Waals surface area contributed by atoms with Crippen LogP contribution in [-0.4, -0.2) is 27.0 Å². The fourth-order valence-corrected chi connectivity index (χ4v) is 2.93. The van der Waals surface area contributed by atoms with E-state index in [0.29, 0.717) is 17.8 Å². The van der Waals surface area contributed by atoms with Gasteiger partial charge in [0.05, 0.1) is 6.20 Å². The molecule has 3 rings (SSSR count). The minimum atomic E-state index is 0.529. The van der Waals surface area contributed by atoms with Crippen molar-refractivity contribution < 1.29 is 0 Å². The Morgan fingerprint density at radius 1 is 1.47 bits per heavy atom. The van der Waals surface area contributed by atoms with Crippen LogP contribution in [-0.2, 0) is 0 Å². The maximum atomic E-state index is 5.51. The second kappa shape index (κ2) is 4.70. The molecule has 0 aliphatic carbocycles. The van der Waals surface area contributed by atoms with Gasteiger partial charge in [-0.3, -0.25) is 0 Å². The molecule has 6 heteroatoms. The molecule has 1 aliphatic rings. The summed E-state index contributed by atoms with van der Waals surface area (Å²) < 4.78 is 1.97. The lowest BCUT2D eigenvalue weighted by Gasteiger charge is -2.29. The Morgan fingerprint density at radius 2 is 2.32 bits per heavy atom. The standard InChI is InChI=1S/C13H20N6/c1-9(2)10-4-3-6-19(10)13-12-15-5-7-18(12)8-11(16-13)17-14/h5,7-10,17H,3-4,6,14H2,1-2H3. The minimum absolute atomic E-state index is 0.529. The van der Waals surface area contributed by atoms with Gasteiger partial charge in [-0.1, -0.05) is 13.8 Å². The second-order valence-electron chi connectivity index (χ2n) is 5.40. The number of hydrazine groups is 1. The van der Waals surface area contributed by atoms with Crippen molar-refractivity contribution in [3.63, 3.8) is 0 Å². The van der Waals surface area contributed by atoms with Gasteiger partial charge in [-0.2, -0.15) is 0 Å². The summed E-state index contributed by atoms with van der Waals surface area (Å²) in [5, 5.41) is 0. The Balaban J connectivity index is 2.10. The number of aromatic nitrogens is 3. The first-order valence-electron chi connectivity index (χ1n) is 6.77. The van der Waals surface area contributed by atoms with Gasteiger partial charge < -0.3 is 14.7 Å². The summed E-state index contributed by atoms with van der Waals surface area (Å²) in [4.78, 5) is 11.4. The van der Waals surface area contributed by atoms with Gasteiger partial charge in [0, 0.05) is 25.0 Å². The summed E-state index contributed by atoms with van der Waals surface area (Å²) in [7, 11) is 0. The SMILES string of the molecule is CC(C)C1CCCN1c1nc(NN)cn2ccnc12. The maximum absolute atomic E-state index is 5.51. The average Bonchev–Trinajstić information content (AvgIpc) is 3.05. The van der Waals surface area contributed by atoms with E-state index in [1.54, 1.807) is 6.20 Å². The molecule has 1 atom stereocenters. The Bertz CT molecular complexity index is 576. The smallest absolute Gasteiger partial charge is 0.180 e. The lowest BCUT2D eigenvalue weighted by Crippen LogP contribution is -2.34. The number of hydrogen-bond acceptors (Lipinski definition) is 5. The predicted octanol–water partition coefficient (Wildman–Crippen LogP) is 1.64. The molecule has 1 aliphatic heterocycles. The van der Waals surface area contributed by atoms with Gasteiger partial charge in [0.1, 0.15) is 0 Å². The van der Waals surface area contributed by atoms with Crippen LogP contribution in [0.4, 0.5) is 11.6 Å². The van der Waals surface area contributed by atoms with Crippen LogP contribution in [0, 0.1) is 5.92 Å². The van der Waals surface area contributed by atoms with E-state index < -0.39 is 0 Å². The first-order chi connectivity index (χ1) is 9.20. The molecule has 0 bridgehead atoms. The Kier molecular flexibility index (Phi) is 3.02. The largest absolute Gasteiger partial charge is 0.350 e. The zero-order valence-corrected chi connectivity index (χ0v) is 11.4. The van der Waals surface area contributed by atoms with Crippen molar-refractivity contribution in [2.75, 3.05) is 16.9 Å². The van der Waals surface area contributed by atoms with Crippen LogP contribution in [0.15, 0.2) is 18.6 Å². The van der Waals surface area contributed by atoms with Crippen molar-refractivity contribution in [3.8, 4) is 0 Å². The lowest BCUT2D eigenvalue weighted by molar-refractivity contribution is 0.490. The minimum Gasteiger partial charge on any atom is -0.350 e. The second-order valence-corrected chi connectivity index (χ2v) is 5.40. The summed E-state index contributed by atoms with van der Waals surface area (Å²) in [5.74, 6) is 7.70. The summed E-state index contributed by atoms with van der Waals surface area (Å²) in [6, 6.07) is 0.529. The lowest BCUT2D eigenvalue weighted by atomic mass is 10.0. The summed E-state index contributed by atoms with van der Waals surface area (Å²) in [5.41, 5.74) is 3.53. The monoisotopic (exact) mass is 260 g/mol. The first-order valence-corrected chi connectivity index (χ1v) is 6.77. The van der Waals surface area contributed by atoms with Crippen molar-refractivity contribution in [3.05, 3.63) is 18.6 Å². The van der Waals surface area contributed by atoms with Crippen LogP contribution in [0.1, 0.15) is 26.7 Å². The van der Waals surface area contributed by atoms with Gasteiger partial charge in [0.2, 0.25) is 0 Å². The number of rotatable bonds is 3. The zero-order valence-electron chi connectivity index (χ0n) is 11.4. The van der Waals surface area contributed by atoms with Crippen LogP contribution in [0.2, 0.25) is 0 Å². The molecule has 102 valence electrons. The molecule has 0 radical (unpaired) electrons. The number of fused-ring (bicyclic) bond motifs is 1. The van der Waals surface area contributed by atoms with Gasteiger partial charge in [-0.25, -0.2) is 15.8 Å². The third kappa shape index (κ3) is 2.02. The zero-order chi connectivity index (χ0) is 13.4. The summed E-state index contributed by atoms with van der Waals surface area (Å²) >= 11 is 0. The van der Waals surface area contributed by atoms with Gasteiger partial charge >= 0.3 is 0 Å². The molecule has 0 spiro atoms. The van der Waals surface area contributed by atoms with E-state index in [0.717, 1.165) is 18.0 Å². The molecule has 3 N–H and O–H groups in total. The molecule has 1 unspecified atom stereocenters. The van der Waals surface area contributed by atoms with Crippen LogP contribution in [0.25, 0.3) is 5.65 Å². The number of nitrogen functional groups attached to an aromatic ring is 1. The highest BCUT2D eigenvalue weighted by molar-refractivity contribution is 5.67. The Morgan fingerprint density at radius 3 is 3.05 bits per heavy atom. The van der Waals surface area contributed by atoms with Crippen molar-refractivity contribution >= 4 is 17.3 Å². The molecule has 19 heavy (non-hydrogen) atoms. The normalized spacial score (nSPS) is 19.6. The summed E-state index contributed by atoms with van der Waals surface area (Å²) in [6.07, 6.45) is 7.99. The van der Waals surface area contributed by atoms with Crippen molar-refractivity contribution in [1.82, 2.24) is 14.4 Å². The van der Waals surface area contributed by atoms with E-state index >= 15 is 0 Å². The van der Waals surface area contributed by atoms with Gasteiger partial charge in [-0.05, 0) is 18.8 Å². The van der Waals surface area contributed by atoms with Crippen LogP contribution >= 0.6 is 0 Å². The molecule has 6 nitrogen and oxygen atoms in total.